The Labute approximate surface area is 103 Å². The molecule has 1 aliphatic carbocycles. The molecule has 86 valence electrons. The summed E-state index contributed by atoms with van der Waals surface area (Å²) < 4.78 is 12.3. The SMILES string of the molecule is COc1cc(Br)c2c(c1)NCC1(CCC1)O2. The van der Waals surface area contributed by atoms with Crippen LogP contribution < -0.4 is 14.8 Å². The second-order valence-electron chi connectivity index (χ2n) is 4.48. The third-order valence-corrected chi connectivity index (χ3v) is 4.03. The van der Waals surface area contributed by atoms with Crippen LogP contribution in [0.5, 0.6) is 11.5 Å². The van der Waals surface area contributed by atoms with Gasteiger partial charge in [0.1, 0.15) is 11.4 Å². The molecule has 1 aliphatic heterocycles. The van der Waals surface area contributed by atoms with E-state index in [1.54, 1.807) is 7.11 Å². The van der Waals surface area contributed by atoms with Gasteiger partial charge in [-0.15, -0.1) is 0 Å². The van der Waals surface area contributed by atoms with Gasteiger partial charge in [0.25, 0.3) is 0 Å². The third-order valence-electron chi connectivity index (χ3n) is 3.44. The molecule has 1 saturated carbocycles. The third kappa shape index (κ3) is 1.47. The standard InChI is InChI=1S/C12H14BrNO2/c1-15-8-5-9(13)11-10(6-8)14-7-12(16-11)3-2-4-12/h5-6,14H,2-4,7H2,1H3. The summed E-state index contributed by atoms with van der Waals surface area (Å²) in [4.78, 5) is 0. The van der Waals surface area contributed by atoms with Crippen molar-refractivity contribution in [2.45, 2.75) is 24.9 Å². The minimum atomic E-state index is 0.0457. The van der Waals surface area contributed by atoms with Gasteiger partial charge in [0, 0.05) is 6.07 Å². The number of methoxy groups -OCH3 is 1. The van der Waals surface area contributed by atoms with Gasteiger partial charge < -0.3 is 14.8 Å². The van der Waals surface area contributed by atoms with E-state index in [0.717, 1.165) is 41.0 Å². The molecule has 0 bridgehead atoms. The number of hydrogen-bond donors (Lipinski definition) is 1. The average molecular weight is 284 g/mol. The quantitative estimate of drug-likeness (QED) is 0.859. The summed E-state index contributed by atoms with van der Waals surface area (Å²) in [6, 6.07) is 3.92. The fourth-order valence-electron chi connectivity index (χ4n) is 2.28. The van der Waals surface area contributed by atoms with Gasteiger partial charge in [-0.3, -0.25) is 0 Å². The maximum Gasteiger partial charge on any atom is 0.157 e. The predicted octanol–water partition coefficient (Wildman–Crippen LogP) is 3.18. The summed E-state index contributed by atoms with van der Waals surface area (Å²) in [6.07, 6.45) is 3.57. The first kappa shape index (κ1) is 10.3. The van der Waals surface area contributed by atoms with Crippen LogP contribution >= 0.6 is 15.9 Å². The van der Waals surface area contributed by atoms with Crippen LogP contribution in [-0.2, 0) is 0 Å². The van der Waals surface area contributed by atoms with Crippen molar-refractivity contribution in [3.63, 3.8) is 0 Å². The van der Waals surface area contributed by atoms with Crippen molar-refractivity contribution in [2.24, 2.45) is 0 Å². The van der Waals surface area contributed by atoms with Crippen molar-refractivity contribution in [2.75, 3.05) is 19.0 Å². The molecular weight excluding hydrogens is 270 g/mol. The van der Waals surface area contributed by atoms with Gasteiger partial charge in [-0.2, -0.15) is 0 Å². The van der Waals surface area contributed by atoms with Crippen molar-refractivity contribution >= 4 is 21.6 Å². The first-order chi connectivity index (χ1) is 7.72. The van der Waals surface area contributed by atoms with Crippen LogP contribution in [0.15, 0.2) is 16.6 Å². The molecule has 3 rings (SSSR count). The molecule has 0 atom stereocenters. The first-order valence-corrected chi connectivity index (χ1v) is 6.32. The molecule has 1 spiro atoms. The van der Waals surface area contributed by atoms with E-state index in [-0.39, 0.29) is 5.60 Å². The molecule has 1 aromatic rings. The molecule has 0 aromatic heterocycles. The minimum Gasteiger partial charge on any atom is -0.497 e. The summed E-state index contributed by atoms with van der Waals surface area (Å²) >= 11 is 3.53. The molecule has 0 radical (unpaired) electrons. The van der Waals surface area contributed by atoms with E-state index >= 15 is 0 Å². The predicted molar refractivity (Wildman–Crippen MR) is 66.4 cm³/mol. The lowest BCUT2D eigenvalue weighted by Crippen LogP contribution is -2.51. The number of fused-ring (bicyclic) bond motifs is 1. The molecule has 0 unspecified atom stereocenters. The van der Waals surface area contributed by atoms with E-state index < -0.39 is 0 Å². The molecule has 1 N–H and O–H groups in total. The lowest BCUT2D eigenvalue weighted by molar-refractivity contribution is -0.000544. The average Bonchev–Trinajstić information content (AvgIpc) is 2.26. The number of benzene rings is 1. The lowest BCUT2D eigenvalue weighted by atomic mass is 9.79. The topological polar surface area (TPSA) is 30.5 Å². The van der Waals surface area contributed by atoms with E-state index in [0.29, 0.717) is 0 Å². The Morgan fingerprint density at radius 1 is 1.44 bits per heavy atom. The minimum absolute atomic E-state index is 0.0457. The molecule has 1 heterocycles. The van der Waals surface area contributed by atoms with Crippen molar-refractivity contribution < 1.29 is 9.47 Å². The highest BCUT2D eigenvalue weighted by molar-refractivity contribution is 9.10. The van der Waals surface area contributed by atoms with Crippen LogP contribution in [-0.4, -0.2) is 19.3 Å². The zero-order valence-electron chi connectivity index (χ0n) is 9.18. The maximum absolute atomic E-state index is 6.12. The van der Waals surface area contributed by atoms with Crippen LogP contribution in [0.1, 0.15) is 19.3 Å². The summed E-state index contributed by atoms with van der Waals surface area (Å²) in [5.74, 6) is 1.76. The summed E-state index contributed by atoms with van der Waals surface area (Å²) in [6.45, 7) is 0.902. The van der Waals surface area contributed by atoms with Gasteiger partial charge in [0.15, 0.2) is 5.75 Å². The highest BCUT2D eigenvalue weighted by Crippen LogP contribution is 2.47. The Morgan fingerprint density at radius 2 is 2.25 bits per heavy atom. The Bertz CT molecular complexity index is 429. The fraction of sp³-hybridized carbons (Fsp3) is 0.500. The van der Waals surface area contributed by atoms with Gasteiger partial charge in [0.05, 0.1) is 23.8 Å². The van der Waals surface area contributed by atoms with E-state index in [1.807, 2.05) is 12.1 Å². The second kappa shape index (κ2) is 3.55. The fourth-order valence-corrected chi connectivity index (χ4v) is 2.80. The molecule has 0 amide bonds. The van der Waals surface area contributed by atoms with Crippen molar-refractivity contribution in [3.8, 4) is 11.5 Å². The highest BCUT2D eigenvalue weighted by Gasteiger charge is 2.42. The van der Waals surface area contributed by atoms with Crippen molar-refractivity contribution in [1.29, 1.82) is 0 Å². The van der Waals surface area contributed by atoms with Crippen molar-refractivity contribution in [1.82, 2.24) is 0 Å². The summed E-state index contributed by atoms with van der Waals surface area (Å²) in [5.41, 5.74) is 1.06. The van der Waals surface area contributed by atoms with Crippen LogP contribution in [0, 0.1) is 0 Å². The molecular formula is C12H14BrNO2. The van der Waals surface area contributed by atoms with Gasteiger partial charge in [-0.05, 0) is 41.3 Å². The summed E-state index contributed by atoms with van der Waals surface area (Å²) in [7, 11) is 1.67. The number of nitrogens with one attached hydrogen (secondary N) is 1. The van der Waals surface area contributed by atoms with Crippen LogP contribution in [0.3, 0.4) is 0 Å². The zero-order valence-corrected chi connectivity index (χ0v) is 10.8. The summed E-state index contributed by atoms with van der Waals surface area (Å²) in [5, 5.41) is 3.44. The zero-order chi connectivity index (χ0) is 11.2. The molecule has 1 aromatic carbocycles. The Balaban J connectivity index is 1.98. The molecule has 2 aliphatic rings. The molecule has 3 nitrogen and oxygen atoms in total. The smallest absolute Gasteiger partial charge is 0.157 e. The van der Waals surface area contributed by atoms with E-state index in [1.165, 1.54) is 6.42 Å². The maximum atomic E-state index is 6.12. The Morgan fingerprint density at radius 3 is 2.88 bits per heavy atom. The Hall–Kier alpha value is -0.900. The Kier molecular flexibility index (Phi) is 2.28. The normalized spacial score (nSPS) is 20.4. The number of ether oxygens (including phenoxy) is 2. The lowest BCUT2D eigenvalue weighted by Gasteiger charge is -2.45. The molecule has 1 fully saturated rings. The van der Waals surface area contributed by atoms with Crippen LogP contribution in [0.4, 0.5) is 5.69 Å². The molecule has 4 heteroatoms. The van der Waals surface area contributed by atoms with Gasteiger partial charge in [0.2, 0.25) is 0 Å². The van der Waals surface area contributed by atoms with E-state index in [4.69, 9.17) is 9.47 Å². The van der Waals surface area contributed by atoms with Crippen LogP contribution in [0.25, 0.3) is 0 Å². The van der Waals surface area contributed by atoms with Gasteiger partial charge >= 0.3 is 0 Å². The first-order valence-electron chi connectivity index (χ1n) is 5.53. The monoisotopic (exact) mass is 283 g/mol. The van der Waals surface area contributed by atoms with E-state index in [9.17, 15) is 0 Å². The van der Waals surface area contributed by atoms with Gasteiger partial charge in [-0.25, -0.2) is 0 Å². The number of anilines is 1. The second-order valence-corrected chi connectivity index (χ2v) is 5.33. The largest absolute Gasteiger partial charge is 0.497 e. The van der Waals surface area contributed by atoms with Crippen molar-refractivity contribution in [3.05, 3.63) is 16.6 Å². The number of hydrogen-bond acceptors (Lipinski definition) is 3. The van der Waals surface area contributed by atoms with Crippen LogP contribution in [0.2, 0.25) is 0 Å². The van der Waals surface area contributed by atoms with E-state index in [2.05, 4.69) is 21.2 Å². The number of rotatable bonds is 1. The highest BCUT2D eigenvalue weighted by atomic mass is 79.9. The number of halogens is 1. The van der Waals surface area contributed by atoms with Gasteiger partial charge in [-0.1, -0.05) is 0 Å². The molecule has 0 saturated heterocycles. The molecule has 16 heavy (non-hydrogen) atoms.